The van der Waals surface area contributed by atoms with Crippen molar-refractivity contribution in [1.29, 1.82) is 0 Å². The topological polar surface area (TPSA) is 56.0 Å². The summed E-state index contributed by atoms with van der Waals surface area (Å²) in [6.07, 6.45) is 7.81. The molecule has 130 valence electrons. The van der Waals surface area contributed by atoms with E-state index in [0.29, 0.717) is 11.6 Å². The van der Waals surface area contributed by atoms with Crippen molar-refractivity contribution in [3.05, 3.63) is 48.0 Å². The van der Waals surface area contributed by atoms with Gasteiger partial charge in [-0.25, -0.2) is 4.98 Å². The summed E-state index contributed by atoms with van der Waals surface area (Å²) < 4.78 is 3.80. The molecule has 4 heterocycles. The Hall–Kier alpha value is -2.41. The van der Waals surface area contributed by atoms with Crippen LogP contribution in [0.5, 0.6) is 0 Å². The Kier molecular flexibility index (Phi) is 4.40. The van der Waals surface area contributed by atoms with Gasteiger partial charge in [-0.15, -0.1) is 11.3 Å². The average molecular weight is 355 g/mol. The molecule has 4 rings (SSSR count). The Bertz CT molecular complexity index is 837. The summed E-state index contributed by atoms with van der Waals surface area (Å²) in [4.78, 5) is 20.2. The molecule has 0 saturated carbocycles. The molecule has 3 aromatic rings. The molecule has 1 amide bonds. The van der Waals surface area contributed by atoms with E-state index < -0.39 is 0 Å². The summed E-state index contributed by atoms with van der Waals surface area (Å²) in [5.74, 6) is 0.546. The van der Waals surface area contributed by atoms with Crippen molar-refractivity contribution >= 4 is 17.2 Å². The lowest BCUT2D eigenvalue weighted by molar-refractivity contribution is 0.0651. The molecule has 1 aliphatic rings. The van der Waals surface area contributed by atoms with Crippen molar-refractivity contribution in [3.8, 4) is 10.6 Å². The normalized spacial score (nSPS) is 17.8. The van der Waals surface area contributed by atoms with E-state index in [0.717, 1.165) is 43.0 Å². The Morgan fingerprint density at radius 3 is 3.12 bits per heavy atom. The number of likely N-dealkylation sites (tertiary alicyclic amines) is 1. The lowest BCUT2D eigenvalue weighted by Crippen LogP contribution is -2.41. The molecule has 0 N–H and O–H groups in total. The quantitative estimate of drug-likeness (QED) is 0.723. The second kappa shape index (κ2) is 6.84. The van der Waals surface area contributed by atoms with Crippen molar-refractivity contribution in [3.63, 3.8) is 0 Å². The average Bonchev–Trinajstić information content (AvgIpc) is 3.36. The van der Waals surface area contributed by atoms with Gasteiger partial charge in [0, 0.05) is 39.1 Å². The van der Waals surface area contributed by atoms with Crippen LogP contribution >= 0.6 is 11.3 Å². The molecule has 0 radical (unpaired) electrons. The van der Waals surface area contributed by atoms with Crippen LogP contribution in [0.25, 0.3) is 10.6 Å². The van der Waals surface area contributed by atoms with Gasteiger partial charge in [0.05, 0.1) is 11.2 Å². The van der Waals surface area contributed by atoms with Gasteiger partial charge in [0.2, 0.25) is 0 Å². The van der Waals surface area contributed by atoms with Crippen LogP contribution in [0.4, 0.5) is 0 Å². The summed E-state index contributed by atoms with van der Waals surface area (Å²) in [7, 11) is 1.84. The molecule has 1 fully saturated rings. The summed E-state index contributed by atoms with van der Waals surface area (Å²) in [6.45, 7) is 2.52. The van der Waals surface area contributed by atoms with E-state index in [4.69, 9.17) is 0 Å². The molecule has 1 aliphatic heterocycles. The fourth-order valence-corrected chi connectivity index (χ4v) is 4.15. The van der Waals surface area contributed by atoms with Gasteiger partial charge in [-0.2, -0.15) is 5.10 Å². The van der Waals surface area contributed by atoms with Crippen LogP contribution in [0.1, 0.15) is 23.3 Å². The van der Waals surface area contributed by atoms with Crippen molar-refractivity contribution in [1.82, 2.24) is 24.2 Å². The lowest BCUT2D eigenvalue weighted by atomic mass is 9.97. The van der Waals surface area contributed by atoms with Crippen molar-refractivity contribution in [2.24, 2.45) is 13.0 Å². The molecule has 3 aromatic heterocycles. The van der Waals surface area contributed by atoms with E-state index in [-0.39, 0.29) is 5.91 Å². The van der Waals surface area contributed by atoms with E-state index in [1.165, 1.54) is 0 Å². The Labute approximate surface area is 150 Å². The van der Waals surface area contributed by atoms with Crippen LogP contribution in [0.15, 0.2) is 42.3 Å². The number of amides is 1. The molecule has 1 atom stereocenters. The van der Waals surface area contributed by atoms with Gasteiger partial charge in [0.25, 0.3) is 5.91 Å². The molecule has 0 unspecified atom stereocenters. The predicted molar refractivity (Wildman–Crippen MR) is 97.4 cm³/mol. The third-order valence-corrected chi connectivity index (χ3v) is 5.60. The highest BCUT2D eigenvalue weighted by atomic mass is 32.1. The number of hydrogen-bond acceptors (Lipinski definition) is 4. The lowest BCUT2D eigenvalue weighted by Gasteiger charge is -2.32. The highest BCUT2D eigenvalue weighted by Gasteiger charge is 2.27. The number of hydrogen-bond donors (Lipinski definition) is 0. The van der Waals surface area contributed by atoms with Crippen molar-refractivity contribution < 1.29 is 4.79 Å². The highest BCUT2D eigenvalue weighted by molar-refractivity contribution is 7.13. The maximum absolute atomic E-state index is 13.0. The maximum atomic E-state index is 13.0. The van der Waals surface area contributed by atoms with Gasteiger partial charge < -0.3 is 9.47 Å². The smallest absolute Gasteiger partial charge is 0.272 e. The second-order valence-electron chi connectivity index (χ2n) is 6.53. The first kappa shape index (κ1) is 16.1. The zero-order valence-corrected chi connectivity index (χ0v) is 15.0. The molecule has 25 heavy (non-hydrogen) atoms. The largest absolute Gasteiger partial charge is 0.337 e. The minimum absolute atomic E-state index is 0.0770. The van der Waals surface area contributed by atoms with E-state index in [1.54, 1.807) is 22.2 Å². The number of nitrogens with zero attached hydrogens (tertiary/aromatic N) is 5. The number of aryl methyl sites for hydroxylation is 1. The molecule has 0 aromatic carbocycles. The molecule has 0 spiro atoms. The van der Waals surface area contributed by atoms with Gasteiger partial charge in [-0.05, 0) is 36.3 Å². The molecule has 0 bridgehead atoms. The van der Waals surface area contributed by atoms with Gasteiger partial charge in [-0.3, -0.25) is 9.48 Å². The van der Waals surface area contributed by atoms with Crippen molar-refractivity contribution in [2.75, 3.05) is 13.1 Å². The van der Waals surface area contributed by atoms with E-state index in [9.17, 15) is 4.79 Å². The van der Waals surface area contributed by atoms with Crippen LogP contribution in [0, 0.1) is 5.92 Å². The minimum Gasteiger partial charge on any atom is -0.337 e. The number of aromatic nitrogens is 4. The van der Waals surface area contributed by atoms with E-state index >= 15 is 0 Å². The van der Waals surface area contributed by atoms with Gasteiger partial charge >= 0.3 is 0 Å². The molecular formula is C18H21N5OS. The Balaban J connectivity index is 1.48. The number of carbonyl (C=O) groups is 1. The summed E-state index contributed by atoms with van der Waals surface area (Å²) in [5.41, 5.74) is 1.53. The van der Waals surface area contributed by atoms with Crippen LogP contribution in [0.3, 0.4) is 0 Å². The van der Waals surface area contributed by atoms with Crippen LogP contribution < -0.4 is 0 Å². The first-order valence-electron chi connectivity index (χ1n) is 8.53. The first-order chi connectivity index (χ1) is 12.2. The number of piperidine rings is 1. The van der Waals surface area contributed by atoms with E-state index in [2.05, 4.69) is 14.6 Å². The third kappa shape index (κ3) is 3.37. The molecule has 0 aliphatic carbocycles. The molecule has 6 nitrogen and oxygen atoms in total. The van der Waals surface area contributed by atoms with Crippen LogP contribution in [0.2, 0.25) is 0 Å². The second-order valence-corrected chi connectivity index (χ2v) is 7.48. The molecular weight excluding hydrogens is 334 g/mol. The Morgan fingerprint density at radius 2 is 2.36 bits per heavy atom. The first-order valence-corrected chi connectivity index (χ1v) is 9.41. The zero-order valence-electron chi connectivity index (χ0n) is 14.2. The third-order valence-electron chi connectivity index (χ3n) is 4.71. The molecule has 7 heteroatoms. The molecule has 1 saturated heterocycles. The Morgan fingerprint density at radius 1 is 1.44 bits per heavy atom. The maximum Gasteiger partial charge on any atom is 0.272 e. The van der Waals surface area contributed by atoms with Crippen LogP contribution in [-0.2, 0) is 13.6 Å². The fourth-order valence-electron chi connectivity index (χ4n) is 3.47. The number of imidazole rings is 1. The standard InChI is InChI=1S/C18H21N5OS/c1-21-16(10-15(20-21)17-5-3-9-25-17)18(24)23-7-2-4-14(12-23)11-22-8-6-19-13-22/h3,5-6,8-10,13-14H,2,4,7,11-12H2,1H3/t14-/m0/s1. The van der Waals surface area contributed by atoms with Crippen molar-refractivity contribution in [2.45, 2.75) is 19.4 Å². The zero-order chi connectivity index (χ0) is 17.2. The van der Waals surface area contributed by atoms with Gasteiger partial charge in [0.1, 0.15) is 11.4 Å². The fraction of sp³-hybridized carbons (Fsp3) is 0.389. The van der Waals surface area contributed by atoms with Gasteiger partial charge in [0.15, 0.2) is 0 Å². The minimum atomic E-state index is 0.0770. The highest BCUT2D eigenvalue weighted by Crippen LogP contribution is 2.25. The van der Waals surface area contributed by atoms with Crippen LogP contribution in [-0.4, -0.2) is 43.2 Å². The SMILES string of the molecule is Cn1nc(-c2cccs2)cc1C(=O)N1CCC[C@@H](Cn2ccnc2)C1. The summed E-state index contributed by atoms with van der Waals surface area (Å²) >= 11 is 1.64. The number of rotatable bonds is 4. The van der Waals surface area contributed by atoms with E-state index in [1.807, 2.05) is 48.1 Å². The summed E-state index contributed by atoms with van der Waals surface area (Å²) in [5, 5.41) is 6.54. The van der Waals surface area contributed by atoms with Gasteiger partial charge in [-0.1, -0.05) is 6.07 Å². The predicted octanol–water partition coefficient (Wildman–Crippen LogP) is 2.90. The number of thiophene rings is 1. The monoisotopic (exact) mass is 355 g/mol. The summed E-state index contributed by atoms with van der Waals surface area (Å²) in [6, 6.07) is 5.94. The number of carbonyl (C=O) groups excluding carboxylic acids is 1.